The van der Waals surface area contributed by atoms with Crippen LogP contribution in [0.1, 0.15) is 31.4 Å². The highest BCUT2D eigenvalue weighted by Gasteiger charge is 2.27. The molecule has 2 atom stereocenters. The average Bonchev–Trinajstić information content (AvgIpc) is 3.28. The number of benzene rings is 3. The van der Waals surface area contributed by atoms with E-state index in [-0.39, 0.29) is 30.4 Å². The van der Waals surface area contributed by atoms with E-state index in [2.05, 4.69) is 56.2 Å². The molecular weight excluding hydrogens is 542 g/mol. The van der Waals surface area contributed by atoms with Crippen molar-refractivity contribution in [1.29, 1.82) is 0 Å². The van der Waals surface area contributed by atoms with Gasteiger partial charge in [-0.15, -0.1) is 0 Å². The van der Waals surface area contributed by atoms with Gasteiger partial charge in [-0.2, -0.15) is 0 Å². The lowest BCUT2D eigenvalue weighted by molar-refractivity contribution is -0.118. The lowest BCUT2D eigenvalue weighted by Gasteiger charge is -2.22. The topological polar surface area (TPSA) is 105 Å². The Hall–Kier alpha value is -5.05. The number of fused-ring (bicyclic) bond motifs is 2. The number of hydrogen-bond donors (Lipinski definition) is 3. The van der Waals surface area contributed by atoms with Crippen LogP contribution >= 0.6 is 0 Å². The molecule has 0 spiro atoms. The van der Waals surface area contributed by atoms with E-state index < -0.39 is 0 Å². The summed E-state index contributed by atoms with van der Waals surface area (Å²) in [6.07, 6.45) is 3.14. The smallest absolute Gasteiger partial charge is 0.228 e. The molecule has 220 valence electrons. The molecule has 0 aliphatic carbocycles. The maximum atomic E-state index is 12.9. The first-order valence-electron chi connectivity index (χ1n) is 14.5. The molecule has 0 radical (unpaired) electrons. The van der Waals surface area contributed by atoms with Gasteiger partial charge >= 0.3 is 0 Å². The van der Waals surface area contributed by atoms with E-state index >= 15 is 0 Å². The van der Waals surface area contributed by atoms with Crippen molar-refractivity contribution in [1.82, 2.24) is 4.98 Å². The molecule has 4 aromatic rings. The number of pyridine rings is 1. The summed E-state index contributed by atoms with van der Waals surface area (Å²) >= 11 is 0. The number of para-hydroxylation sites is 1. The first-order valence-corrected chi connectivity index (χ1v) is 14.5. The first-order chi connectivity index (χ1) is 20.9. The van der Waals surface area contributed by atoms with Crippen LogP contribution in [0.5, 0.6) is 11.5 Å². The lowest BCUT2D eigenvalue weighted by Crippen LogP contribution is -2.27. The molecule has 0 unspecified atom stereocenters. The third-order valence-electron chi connectivity index (χ3n) is 7.70. The van der Waals surface area contributed by atoms with E-state index in [4.69, 9.17) is 9.47 Å². The largest absolute Gasteiger partial charge is 0.488 e. The fourth-order valence-corrected chi connectivity index (χ4v) is 5.46. The molecule has 3 N–H and O–H groups in total. The van der Waals surface area contributed by atoms with E-state index in [1.165, 1.54) is 0 Å². The minimum atomic E-state index is -0.353. The predicted octanol–water partition coefficient (Wildman–Crippen LogP) is 6.09. The lowest BCUT2D eigenvalue weighted by atomic mass is 10.00. The molecule has 6 rings (SSSR count). The van der Waals surface area contributed by atoms with Crippen molar-refractivity contribution >= 4 is 34.6 Å². The molecule has 3 heterocycles. The minimum absolute atomic E-state index is 0.0454. The summed E-state index contributed by atoms with van der Waals surface area (Å²) in [5.41, 5.74) is 6.29. The number of carbonyl (C=O) groups excluding carboxylic acids is 2. The number of hydrogen-bond acceptors (Lipinski definition) is 7. The van der Waals surface area contributed by atoms with Crippen LogP contribution in [0.25, 0.3) is 11.1 Å². The number of ether oxygens (including phenoxy) is 2. The van der Waals surface area contributed by atoms with Crippen LogP contribution in [-0.4, -0.2) is 43.0 Å². The fraction of sp³-hybridized carbons (Fsp3) is 0.265. The summed E-state index contributed by atoms with van der Waals surface area (Å²) in [4.78, 5) is 32.0. The summed E-state index contributed by atoms with van der Waals surface area (Å²) in [6.45, 7) is 0.327. The number of amides is 2. The molecule has 2 aliphatic rings. The average molecular weight is 578 g/mol. The Morgan fingerprint density at radius 2 is 1.70 bits per heavy atom. The molecule has 9 nitrogen and oxygen atoms in total. The zero-order chi connectivity index (χ0) is 29.8. The maximum absolute atomic E-state index is 12.9. The highest BCUT2D eigenvalue weighted by atomic mass is 16.5. The Kier molecular flexibility index (Phi) is 8.13. The Labute approximate surface area is 251 Å². The van der Waals surface area contributed by atoms with Gasteiger partial charge in [0.15, 0.2) is 0 Å². The molecule has 0 fully saturated rings. The number of carbonyl (C=O) groups is 2. The third kappa shape index (κ3) is 6.72. The number of aromatic nitrogens is 1. The Morgan fingerprint density at radius 1 is 0.884 bits per heavy atom. The molecular formula is C34H35N5O4. The Morgan fingerprint density at radius 3 is 2.49 bits per heavy atom. The van der Waals surface area contributed by atoms with Gasteiger partial charge in [0.2, 0.25) is 11.8 Å². The molecule has 0 saturated heterocycles. The van der Waals surface area contributed by atoms with E-state index in [0.29, 0.717) is 43.1 Å². The van der Waals surface area contributed by atoms with Crippen LogP contribution in [0, 0.1) is 0 Å². The van der Waals surface area contributed by atoms with E-state index in [1.54, 1.807) is 18.3 Å². The molecule has 2 aliphatic heterocycles. The van der Waals surface area contributed by atoms with E-state index in [0.717, 1.165) is 33.9 Å². The normalized spacial score (nSPS) is 17.5. The molecule has 0 saturated carbocycles. The molecule has 43 heavy (non-hydrogen) atoms. The van der Waals surface area contributed by atoms with Gasteiger partial charge in [-0.1, -0.05) is 30.3 Å². The number of rotatable bonds is 8. The van der Waals surface area contributed by atoms with Crippen molar-refractivity contribution < 1.29 is 19.1 Å². The summed E-state index contributed by atoms with van der Waals surface area (Å²) in [5.74, 6) is 1.04. The zero-order valence-electron chi connectivity index (χ0n) is 24.3. The van der Waals surface area contributed by atoms with Crippen molar-refractivity contribution in [3.8, 4) is 22.6 Å². The van der Waals surface area contributed by atoms with Crippen molar-refractivity contribution in [3.63, 3.8) is 0 Å². The second-order valence-electron chi connectivity index (χ2n) is 11.1. The van der Waals surface area contributed by atoms with Gasteiger partial charge in [0.25, 0.3) is 0 Å². The van der Waals surface area contributed by atoms with Gasteiger partial charge in [-0.3, -0.25) is 14.6 Å². The summed E-state index contributed by atoms with van der Waals surface area (Å²) < 4.78 is 12.3. The van der Waals surface area contributed by atoms with Gasteiger partial charge in [-0.25, -0.2) is 0 Å². The Balaban J connectivity index is 1.16. The van der Waals surface area contributed by atoms with Crippen molar-refractivity contribution in [3.05, 3.63) is 90.8 Å². The van der Waals surface area contributed by atoms with Gasteiger partial charge in [-0.05, 0) is 60.9 Å². The van der Waals surface area contributed by atoms with Crippen LogP contribution in [0.15, 0.2) is 85.1 Å². The first kappa shape index (κ1) is 28.1. The minimum Gasteiger partial charge on any atom is -0.488 e. The molecule has 3 aromatic carbocycles. The van der Waals surface area contributed by atoms with Gasteiger partial charge in [0, 0.05) is 50.1 Å². The predicted molar refractivity (Wildman–Crippen MR) is 169 cm³/mol. The number of anilines is 4. The SMILES string of the molecule is CN(C)c1ccc(-c2cccc3c2N[C@H](CC[C@@H]2CC(=O)Nc4ccc(OCc5ccccn5)cc4O2)CC(=O)N3)cc1. The third-order valence-corrected chi connectivity index (χ3v) is 7.70. The quantitative estimate of drug-likeness (QED) is 0.233. The fourth-order valence-electron chi connectivity index (χ4n) is 5.46. The molecule has 9 heteroatoms. The molecule has 2 amide bonds. The van der Waals surface area contributed by atoms with Gasteiger partial charge in [0.1, 0.15) is 24.2 Å². The van der Waals surface area contributed by atoms with E-state index in [1.807, 2.05) is 50.5 Å². The monoisotopic (exact) mass is 577 g/mol. The maximum Gasteiger partial charge on any atom is 0.228 e. The highest BCUT2D eigenvalue weighted by molar-refractivity contribution is 6.00. The van der Waals surface area contributed by atoms with Crippen LogP contribution in [-0.2, 0) is 16.2 Å². The van der Waals surface area contributed by atoms with Crippen LogP contribution in [0.4, 0.5) is 22.7 Å². The second kappa shape index (κ2) is 12.4. The molecule has 0 bridgehead atoms. The summed E-state index contributed by atoms with van der Waals surface area (Å²) in [7, 11) is 4.03. The summed E-state index contributed by atoms with van der Waals surface area (Å²) in [6, 6.07) is 25.3. The van der Waals surface area contributed by atoms with Crippen LogP contribution in [0.2, 0.25) is 0 Å². The summed E-state index contributed by atoms with van der Waals surface area (Å²) in [5, 5.41) is 9.66. The van der Waals surface area contributed by atoms with Gasteiger partial charge < -0.3 is 30.3 Å². The van der Waals surface area contributed by atoms with Crippen molar-refractivity contribution in [2.45, 2.75) is 44.4 Å². The number of nitrogens with one attached hydrogen (secondary N) is 3. The van der Waals surface area contributed by atoms with E-state index in [9.17, 15) is 9.59 Å². The zero-order valence-corrected chi connectivity index (χ0v) is 24.3. The number of nitrogens with zero attached hydrogens (tertiary/aromatic N) is 2. The van der Waals surface area contributed by atoms with Gasteiger partial charge in [0.05, 0.1) is 29.2 Å². The standard InChI is InChI=1S/C34H35N5O4/c1-39(2)25-12-9-22(10-13-25)28-7-5-8-30-34(28)36-23(18-32(40)38-30)11-14-27-20-33(41)37-29-16-15-26(19-31(29)43-27)42-21-24-6-3-4-17-35-24/h3-10,12-13,15-17,19,23,27,36H,11,14,18,20-21H2,1-2H3,(H,37,41)(H,38,40)/t23-,27-/m1/s1. The van der Waals surface area contributed by atoms with Crippen LogP contribution in [0.3, 0.4) is 0 Å². The second-order valence-corrected chi connectivity index (χ2v) is 11.1. The van der Waals surface area contributed by atoms with Crippen LogP contribution < -0.4 is 30.3 Å². The Bertz CT molecular complexity index is 1610. The van der Waals surface area contributed by atoms with Crippen molar-refractivity contribution in [2.75, 3.05) is 34.9 Å². The molecule has 1 aromatic heterocycles. The highest BCUT2D eigenvalue weighted by Crippen LogP contribution is 2.38. The van der Waals surface area contributed by atoms with Crippen molar-refractivity contribution in [2.24, 2.45) is 0 Å².